The molecule has 1 N–H and O–H groups in total. The summed E-state index contributed by atoms with van der Waals surface area (Å²) in [6.07, 6.45) is 2.53. The standard InChI is InChI=1S/C17H17FN4OS3/c18-12-5-3-11(4-6-12)15-20-13(9-24-15)10-25-17-22-21-16(26-17)19-8-14-2-1-7-23-14/h3-6,9,14H,1-2,7-8,10H2,(H,19,21). The molecule has 1 unspecified atom stereocenters. The minimum absolute atomic E-state index is 0.235. The van der Waals surface area contributed by atoms with Crippen molar-refractivity contribution in [2.45, 2.75) is 29.0 Å². The number of thiazole rings is 1. The van der Waals surface area contributed by atoms with Crippen LogP contribution in [0.4, 0.5) is 9.52 Å². The van der Waals surface area contributed by atoms with Crippen molar-refractivity contribution in [3.63, 3.8) is 0 Å². The molecule has 1 aliphatic heterocycles. The number of nitrogens with one attached hydrogen (secondary N) is 1. The molecule has 3 aromatic rings. The van der Waals surface area contributed by atoms with Crippen molar-refractivity contribution in [3.8, 4) is 10.6 Å². The molecule has 1 aliphatic rings. The molecule has 26 heavy (non-hydrogen) atoms. The average molecular weight is 409 g/mol. The maximum atomic E-state index is 13.0. The van der Waals surface area contributed by atoms with Gasteiger partial charge in [-0.3, -0.25) is 0 Å². The Morgan fingerprint density at radius 3 is 2.96 bits per heavy atom. The number of hydrogen-bond acceptors (Lipinski definition) is 8. The molecule has 1 fully saturated rings. The predicted molar refractivity (Wildman–Crippen MR) is 104 cm³/mol. The van der Waals surface area contributed by atoms with E-state index in [0.717, 1.165) is 57.5 Å². The molecule has 0 aliphatic carbocycles. The molecule has 0 bridgehead atoms. The van der Waals surface area contributed by atoms with Crippen LogP contribution in [0.1, 0.15) is 18.5 Å². The molecule has 4 rings (SSSR count). The van der Waals surface area contributed by atoms with Crippen molar-refractivity contribution < 1.29 is 9.13 Å². The topological polar surface area (TPSA) is 59.9 Å². The highest BCUT2D eigenvalue weighted by Gasteiger charge is 2.16. The van der Waals surface area contributed by atoms with Crippen LogP contribution in [0.3, 0.4) is 0 Å². The summed E-state index contributed by atoms with van der Waals surface area (Å²) in [6, 6.07) is 6.42. The second kappa shape index (κ2) is 8.43. The largest absolute Gasteiger partial charge is 0.376 e. The second-order valence-electron chi connectivity index (χ2n) is 5.83. The Kier molecular flexibility index (Phi) is 5.78. The number of halogens is 1. The van der Waals surface area contributed by atoms with Gasteiger partial charge in [0.25, 0.3) is 0 Å². The van der Waals surface area contributed by atoms with E-state index in [-0.39, 0.29) is 11.9 Å². The fraction of sp³-hybridized carbons (Fsp3) is 0.353. The number of hydrogen-bond donors (Lipinski definition) is 1. The summed E-state index contributed by atoms with van der Waals surface area (Å²) < 4.78 is 19.5. The molecule has 2 aromatic heterocycles. The van der Waals surface area contributed by atoms with Crippen LogP contribution in [-0.2, 0) is 10.5 Å². The Hall–Kier alpha value is -1.55. The summed E-state index contributed by atoms with van der Waals surface area (Å²) in [5.74, 6) is 0.499. The summed E-state index contributed by atoms with van der Waals surface area (Å²) in [4.78, 5) is 4.62. The lowest BCUT2D eigenvalue weighted by Crippen LogP contribution is -2.18. The summed E-state index contributed by atoms with van der Waals surface area (Å²) in [5.41, 5.74) is 1.92. The number of thioether (sulfide) groups is 1. The smallest absolute Gasteiger partial charge is 0.206 e. The first-order valence-corrected chi connectivity index (χ1v) is 11.0. The van der Waals surface area contributed by atoms with E-state index in [1.807, 2.05) is 5.38 Å². The lowest BCUT2D eigenvalue weighted by atomic mass is 10.2. The van der Waals surface area contributed by atoms with Gasteiger partial charge in [0.2, 0.25) is 5.13 Å². The number of nitrogens with zero attached hydrogens (tertiary/aromatic N) is 3. The van der Waals surface area contributed by atoms with Gasteiger partial charge in [0.15, 0.2) is 4.34 Å². The normalized spacial score (nSPS) is 16.9. The summed E-state index contributed by atoms with van der Waals surface area (Å²) >= 11 is 4.73. The Morgan fingerprint density at radius 2 is 2.15 bits per heavy atom. The maximum Gasteiger partial charge on any atom is 0.206 e. The van der Waals surface area contributed by atoms with Crippen LogP contribution in [-0.4, -0.2) is 34.4 Å². The van der Waals surface area contributed by atoms with Crippen LogP contribution in [0.15, 0.2) is 34.0 Å². The van der Waals surface area contributed by atoms with Gasteiger partial charge in [0.05, 0.1) is 11.8 Å². The van der Waals surface area contributed by atoms with Gasteiger partial charge >= 0.3 is 0 Å². The highest BCUT2D eigenvalue weighted by Crippen LogP contribution is 2.31. The quantitative estimate of drug-likeness (QED) is 0.573. The number of anilines is 1. The molecule has 0 saturated carbocycles. The van der Waals surface area contributed by atoms with E-state index in [0.29, 0.717) is 0 Å². The molecule has 5 nitrogen and oxygen atoms in total. The first kappa shape index (κ1) is 17.8. The van der Waals surface area contributed by atoms with Crippen LogP contribution >= 0.6 is 34.4 Å². The Labute approximate surface area is 163 Å². The molecule has 0 amide bonds. The van der Waals surface area contributed by atoms with Crippen molar-refractivity contribution in [1.29, 1.82) is 0 Å². The van der Waals surface area contributed by atoms with E-state index in [9.17, 15) is 4.39 Å². The molecule has 0 radical (unpaired) electrons. The van der Waals surface area contributed by atoms with Crippen molar-refractivity contribution in [3.05, 3.63) is 41.2 Å². The van der Waals surface area contributed by atoms with Gasteiger partial charge in [-0.1, -0.05) is 23.1 Å². The van der Waals surface area contributed by atoms with Crippen LogP contribution < -0.4 is 5.32 Å². The summed E-state index contributed by atoms with van der Waals surface area (Å²) in [5, 5.41) is 15.4. The zero-order chi connectivity index (χ0) is 17.8. The van der Waals surface area contributed by atoms with Crippen molar-refractivity contribution in [2.75, 3.05) is 18.5 Å². The zero-order valence-electron chi connectivity index (χ0n) is 13.9. The molecule has 1 atom stereocenters. The third kappa shape index (κ3) is 4.59. The van der Waals surface area contributed by atoms with Gasteiger partial charge in [-0.15, -0.1) is 21.5 Å². The maximum absolute atomic E-state index is 13.0. The van der Waals surface area contributed by atoms with E-state index in [1.165, 1.54) is 12.1 Å². The van der Waals surface area contributed by atoms with Gasteiger partial charge in [0, 0.05) is 29.8 Å². The van der Waals surface area contributed by atoms with Crippen LogP contribution in [0.25, 0.3) is 10.6 Å². The number of benzene rings is 1. The first-order chi connectivity index (χ1) is 12.8. The SMILES string of the molecule is Fc1ccc(-c2nc(CSc3nnc(NCC4CCCO4)s3)cs2)cc1. The molecule has 1 aromatic carbocycles. The first-order valence-electron chi connectivity index (χ1n) is 8.28. The van der Waals surface area contributed by atoms with E-state index in [2.05, 4.69) is 20.5 Å². The van der Waals surface area contributed by atoms with E-state index >= 15 is 0 Å². The molecule has 136 valence electrons. The van der Waals surface area contributed by atoms with Crippen molar-refractivity contribution >= 4 is 39.6 Å². The minimum Gasteiger partial charge on any atom is -0.376 e. The van der Waals surface area contributed by atoms with Crippen molar-refractivity contribution in [2.24, 2.45) is 0 Å². The molecular formula is C17H17FN4OS3. The second-order valence-corrected chi connectivity index (χ2v) is 8.89. The van der Waals surface area contributed by atoms with Crippen LogP contribution in [0.2, 0.25) is 0 Å². The van der Waals surface area contributed by atoms with Gasteiger partial charge in [0.1, 0.15) is 10.8 Å². The summed E-state index contributed by atoms with van der Waals surface area (Å²) in [7, 11) is 0. The van der Waals surface area contributed by atoms with Gasteiger partial charge < -0.3 is 10.1 Å². The van der Waals surface area contributed by atoms with Crippen LogP contribution in [0, 0.1) is 5.82 Å². The highest BCUT2D eigenvalue weighted by molar-refractivity contribution is 8.00. The molecule has 3 heterocycles. The monoisotopic (exact) mass is 408 g/mol. The fourth-order valence-electron chi connectivity index (χ4n) is 2.58. The van der Waals surface area contributed by atoms with Crippen molar-refractivity contribution in [1.82, 2.24) is 15.2 Å². The fourth-order valence-corrected chi connectivity index (χ4v) is 5.16. The van der Waals surface area contributed by atoms with E-state index in [4.69, 9.17) is 4.74 Å². The van der Waals surface area contributed by atoms with Gasteiger partial charge in [-0.25, -0.2) is 9.37 Å². The lowest BCUT2D eigenvalue weighted by molar-refractivity contribution is 0.120. The van der Waals surface area contributed by atoms with E-state index < -0.39 is 0 Å². The number of aromatic nitrogens is 3. The van der Waals surface area contributed by atoms with Crippen LogP contribution in [0.5, 0.6) is 0 Å². The zero-order valence-corrected chi connectivity index (χ0v) is 16.3. The van der Waals surface area contributed by atoms with Gasteiger partial charge in [-0.05, 0) is 37.1 Å². The molecule has 0 spiro atoms. The van der Waals surface area contributed by atoms with Gasteiger partial charge in [-0.2, -0.15) is 0 Å². The minimum atomic E-state index is -0.235. The average Bonchev–Trinajstić information content (AvgIpc) is 3.40. The predicted octanol–water partition coefficient (Wildman–Crippen LogP) is 4.68. The Bertz CT molecular complexity index is 846. The number of rotatable bonds is 7. The number of ether oxygens (including phenoxy) is 1. The molecule has 9 heteroatoms. The lowest BCUT2D eigenvalue weighted by Gasteiger charge is -2.08. The third-order valence-electron chi connectivity index (χ3n) is 3.90. The Balaban J connectivity index is 1.29. The third-order valence-corrected chi connectivity index (χ3v) is 6.89. The molecule has 1 saturated heterocycles. The Morgan fingerprint density at radius 1 is 1.27 bits per heavy atom. The van der Waals surface area contributed by atoms with E-state index in [1.54, 1.807) is 46.6 Å². The highest BCUT2D eigenvalue weighted by atomic mass is 32.2. The molecular weight excluding hydrogens is 391 g/mol. The summed E-state index contributed by atoms with van der Waals surface area (Å²) in [6.45, 7) is 1.64.